The quantitative estimate of drug-likeness (QED) is 0.926. The minimum absolute atomic E-state index is 0.0214. The molecule has 126 valence electrons. The van der Waals surface area contributed by atoms with E-state index in [0.717, 1.165) is 5.56 Å². The van der Waals surface area contributed by atoms with E-state index in [-0.39, 0.29) is 10.7 Å². The van der Waals surface area contributed by atoms with Crippen LogP contribution in [0.1, 0.15) is 37.0 Å². The Labute approximate surface area is 141 Å². The summed E-state index contributed by atoms with van der Waals surface area (Å²) in [5, 5.41) is 5.13. The van der Waals surface area contributed by atoms with Crippen molar-refractivity contribution in [2.75, 3.05) is 0 Å². The second kappa shape index (κ2) is 5.81. The fourth-order valence-electron chi connectivity index (χ4n) is 3.05. The monoisotopic (exact) mass is 345 g/mol. The molecule has 1 heterocycles. The maximum absolute atomic E-state index is 12.8. The topological polar surface area (TPSA) is 86.5 Å². The molecule has 0 bridgehead atoms. The molecule has 2 aromatic rings. The largest absolute Gasteiger partial charge is 0.359 e. The van der Waals surface area contributed by atoms with E-state index in [2.05, 4.69) is 0 Å². The van der Waals surface area contributed by atoms with E-state index in [1.54, 1.807) is 26.0 Å². The molecule has 0 aromatic heterocycles. The molecular formula is C18H19NO4S. The number of sulfonamides is 1. The predicted molar refractivity (Wildman–Crippen MR) is 89.9 cm³/mol. The van der Waals surface area contributed by atoms with Crippen LogP contribution in [0.3, 0.4) is 0 Å². The van der Waals surface area contributed by atoms with Gasteiger partial charge in [-0.25, -0.2) is 13.6 Å². The first-order chi connectivity index (χ1) is 11.2. The van der Waals surface area contributed by atoms with E-state index in [1.165, 1.54) is 12.1 Å². The Morgan fingerprint density at radius 2 is 1.54 bits per heavy atom. The van der Waals surface area contributed by atoms with Gasteiger partial charge in [0.2, 0.25) is 10.0 Å². The van der Waals surface area contributed by atoms with Gasteiger partial charge in [-0.2, -0.15) is 0 Å². The minimum atomic E-state index is -3.76. The summed E-state index contributed by atoms with van der Waals surface area (Å²) in [5.74, 6) is -0.517. The van der Waals surface area contributed by atoms with Crippen LogP contribution in [0.15, 0.2) is 59.5 Å². The van der Waals surface area contributed by atoms with Crippen molar-refractivity contribution in [1.82, 2.24) is 0 Å². The first kappa shape index (κ1) is 16.8. The number of hydrogen-bond acceptors (Lipinski definition) is 4. The van der Waals surface area contributed by atoms with Gasteiger partial charge in [-0.1, -0.05) is 42.5 Å². The molecule has 0 saturated carbocycles. The molecule has 1 saturated heterocycles. The number of primary sulfonamides is 1. The predicted octanol–water partition coefficient (Wildman–Crippen LogP) is 2.54. The average Bonchev–Trinajstić information content (AvgIpc) is 2.78. The lowest BCUT2D eigenvalue weighted by molar-refractivity contribution is -0.130. The highest BCUT2D eigenvalue weighted by molar-refractivity contribution is 7.89. The van der Waals surface area contributed by atoms with Crippen molar-refractivity contribution >= 4 is 15.8 Å². The van der Waals surface area contributed by atoms with Crippen LogP contribution in [0.25, 0.3) is 0 Å². The zero-order chi connectivity index (χ0) is 17.5. The molecule has 24 heavy (non-hydrogen) atoms. The number of rotatable bonds is 3. The molecule has 0 aliphatic carbocycles. The number of Topliss-reactive ketones (excluding diaryl/α,β-unsaturated/α-hetero) is 1. The molecule has 2 aromatic carbocycles. The normalized spacial score (nSPS) is 23.4. The van der Waals surface area contributed by atoms with Gasteiger partial charge < -0.3 is 4.74 Å². The average molecular weight is 345 g/mol. The Balaban J connectivity index is 2.04. The summed E-state index contributed by atoms with van der Waals surface area (Å²) in [6.07, 6.45) is -0.408. The van der Waals surface area contributed by atoms with Crippen molar-refractivity contribution in [2.45, 2.75) is 36.4 Å². The molecule has 1 aliphatic heterocycles. The Hall–Kier alpha value is -2.02. The van der Waals surface area contributed by atoms with Crippen molar-refractivity contribution < 1.29 is 17.9 Å². The molecule has 0 spiro atoms. The number of ketones is 1. The molecule has 3 rings (SSSR count). The van der Waals surface area contributed by atoms with Gasteiger partial charge in [0.05, 0.1) is 16.9 Å². The third-order valence-corrected chi connectivity index (χ3v) is 5.23. The van der Waals surface area contributed by atoms with Crippen LogP contribution in [-0.2, 0) is 19.6 Å². The molecule has 5 nitrogen and oxygen atoms in total. The van der Waals surface area contributed by atoms with Crippen molar-refractivity contribution in [2.24, 2.45) is 5.14 Å². The lowest BCUT2D eigenvalue weighted by Crippen LogP contribution is -2.29. The maximum Gasteiger partial charge on any atom is 0.238 e. The van der Waals surface area contributed by atoms with Crippen LogP contribution in [0.5, 0.6) is 0 Å². The van der Waals surface area contributed by atoms with E-state index >= 15 is 0 Å². The number of benzene rings is 2. The molecule has 2 N–H and O–H groups in total. The van der Waals surface area contributed by atoms with Gasteiger partial charge in [0, 0.05) is 0 Å². The lowest BCUT2D eigenvalue weighted by atomic mass is 9.84. The highest BCUT2D eigenvalue weighted by atomic mass is 32.2. The van der Waals surface area contributed by atoms with Crippen LogP contribution in [0.2, 0.25) is 0 Å². The Morgan fingerprint density at radius 3 is 2.08 bits per heavy atom. The maximum atomic E-state index is 12.8. The summed E-state index contributed by atoms with van der Waals surface area (Å²) in [7, 11) is -3.76. The zero-order valence-corrected chi connectivity index (χ0v) is 14.3. The summed E-state index contributed by atoms with van der Waals surface area (Å²) in [6.45, 7) is 3.51. The van der Waals surface area contributed by atoms with E-state index < -0.39 is 27.6 Å². The Morgan fingerprint density at radius 1 is 0.958 bits per heavy atom. The van der Waals surface area contributed by atoms with Gasteiger partial charge in [0.15, 0.2) is 5.78 Å². The highest BCUT2D eigenvalue weighted by Crippen LogP contribution is 2.46. The van der Waals surface area contributed by atoms with Gasteiger partial charge in [0.1, 0.15) is 5.60 Å². The summed E-state index contributed by atoms with van der Waals surface area (Å²) >= 11 is 0. The molecular weight excluding hydrogens is 326 g/mol. The molecule has 2 atom stereocenters. The summed E-state index contributed by atoms with van der Waals surface area (Å²) in [4.78, 5) is 12.8. The number of ether oxygens (including phenoxy) is 1. The molecule has 6 heteroatoms. The zero-order valence-electron chi connectivity index (χ0n) is 13.5. The van der Waals surface area contributed by atoms with Gasteiger partial charge in [-0.15, -0.1) is 0 Å². The van der Waals surface area contributed by atoms with E-state index in [0.29, 0.717) is 5.56 Å². The van der Waals surface area contributed by atoms with Crippen LogP contribution < -0.4 is 5.14 Å². The van der Waals surface area contributed by atoms with Crippen LogP contribution in [0.4, 0.5) is 0 Å². The van der Waals surface area contributed by atoms with Gasteiger partial charge in [-0.3, -0.25) is 4.79 Å². The smallest absolute Gasteiger partial charge is 0.238 e. The lowest BCUT2D eigenvalue weighted by Gasteiger charge is -2.19. The third kappa shape index (κ3) is 3.00. The third-order valence-electron chi connectivity index (χ3n) is 4.30. The SMILES string of the molecule is CC1(C)OC(c2ccccc2)C(c2ccc(S(N)(=O)=O)cc2)C1=O. The number of hydrogen-bond donors (Lipinski definition) is 1. The number of carbonyl (C=O) groups is 1. The van der Waals surface area contributed by atoms with E-state index in [1.807, 2.05) is 30.3 Å². The van der Waals surface area contributed by atoms with E-state index in [9.17, 15) is 13.2 Å². The summed E-state index contributed by atoms with van der Waals surface area (Å²) in [6, 6.07) is 15.6. The Kier molecular flexibility index (Phi) is 4.07. The molecule has 1 fully saturated rings. The van der Waals surface area contributed by atoms with Gasteiger partial charge >= 0.3 is 0 Å². The molecule has 1 aliphatic rings. The first-order valence-electron chi connectivity index (χ1n) is 7.60. The second-order valence-corrected chi connectivity index (χ2v) is 7.98. The number of carbonyl (C=O) groups excluding carboxylic acids is 1. The molecule has 2 unspecified atom stereocenters. The fourth-order valence-corrected chi connectivity index (χ4v) is 3.57. The van der Waals surface area contributed by atoms with Crippen LogP contribution >= 0.6 is 0 Å². The van der Waals surface area contributed by atoms with Crippen molar-refractivity contribution in [1.29, 1.82) is 0 Å². The fraction of sp³-hybridized carbons (Fsp3) is 0.278. The van der Waals surface area contributed by atoms with Gasteiger partial charge in [0.25, 0.3) is 0 Å². The summed E-state index contributed by atoms with van der Waals surface area (Å²) < 4.78 is 28.8. The van der Waals surface area contributed by atoms with Crippen molar-refractivity contribution in [3.63, 3.8) is 0 Å². The Bertz CT molecular complexity index is 858. The summed E-state index contributed by atoms with van der Waals surface area (Å²) in [5.41, 5.74) is 0.729. The minimum Gasteiger partial charge on any atom is -0.359 e. The van der Waals surface area contributed by atoms with Crippen molar-refractivity contribution in [3.8, 4) is 0 Å². The number of nitrogens with two attached hydrogens (primary N) is 1. The molecule has 0 amide bonds. The van der Waals surface area contributed by atoms with Crippen LogP contribution in [-0.4, -0.2) is 19.8 Å². The van der Waals surface area contributed by atoms with Crippen molar-refractivity contribution in [3.05, 3.63) is 65.7 Å². The van der Waals surface area contributed by atoms with Gasteiger partial charge in [-0.05, 0) is 37.1 Å². The van der Waals surface area contributed by atoms with Crippen LogP contribution in [0, 0.1) is 0 Å². The second-order valence-electron chi connectivity index (χ2n) is 6.42. The standard InChI is InChI=1S/C18H19NO4S/c1-18(2)17(20)15(16(23-18)13-6-4-3-5-7-13)12-8-10-14(11-9-12)24(19,21)22/h3-11,15-16H,1-2H3,(H2,19,21,22). The van der Waals surface area contributed by atoms with E-state index in [4.69, 9.17) is 9.88 Å². The molecule has 0 radical (unpaired) electrons. The highest BCUT2D eigenvalue weighted by Gasteiger charge is 2.49. The first-order valence-corrected chi connectivity index (χ1v) is 9.14.